The third-order valence-electron chi connectivity index (χ3n) is 12.3. The van der Waals surface area contributed by atoms with Crippen LogP contribution in [-0.4, -0.2) is 19.5 Å². The molecule has 0 saturated carbocycles. The van der Waals surface area contributed by atoms with Crippen LogP contribution >= 0.6 is 0 Å². The average molecular weight is 807 g/mol. The lowest BCUT2D eigenvalue weighted by Crippen LogP contribution is -2.00. The molecule has 0 amide bonds. The van der Waals surface area contributed by atoms with Gasteiger partial charge in [0.05, 0.1) is 11.0 Å². The maximum Gasteiger partial charge on any atom is 0.164 e. The fourth-order valence-corrected chi connectivity index (χ4v) is 9.39. The monoisotopic (exact) mass is 806 g/mol. The summed E-state index contributed by atoms with van der Waals surface area (Å²) in [7, 11) is 0. The van der Waals surface area contributed by atoms with E-state index in [9.17, 15) is 0 Å². The predicted octanol–water partition coefficient (Wildman–Crippen LogP) is 15.1. The Morgan fingerprint density at radius 1 is 0.302 bits per heavy atom. The molecular formula is C57H34N4O2. The largest absolute Gasteiger partial charge is 0.456 e. The average Bonchev–Trinajstić information content (AvgIpc) is 4.03. The molecule has 6 heteroatoms. The van der Waals surface area contributed by atoms with E-state index in [2.05, 4.69) is 162 Å². The lowest BCUT2D eigenvalue weighted by atomic mass is 9.98. The van der Waals surface area contributed by atoms with Crippen molar-refractivity contribution in [3.05, 3.63) is 206 Å². The number of fused-ring (bicyclic) bond motifs is 9. The number of aromatic nitrogens is 4. The fraction of sp³-hybridized carbons (Fsp3) is 0. The smallest absolute Gasteiger partial charge is 0.164 e. The summed E-state index contributed by atoms with van der Waals surface area (Å²) in [5.74, 6) is 1.69. The number of para-hydroxylation sites is 2. The Kier molecular flexibility index (Phi) is 7.80. The van der Waals surface area contributed by atoms with Crippen molar-refractivity contribution in [3.8, 4) is 62.1 Å². The number of benzene rings is 9. The molecule has 0 radical (unpaired) electrons. The quantitative estimate of drug-likeness (QED) is 0.167. The van der Waals surface area contributed by atoms with Crippen molar-refractivity contribution in [2.75, 3.05) is 0 Å². The van der Waals surface area contributed by atoms with Gasteiger partial charge in [0.1, 0.15) is 22.3 Å². The van der Waals surface area contributed by atoms with Gasteiger partial charge in [0, 0.05) is 54.7 Å². The highest BCUT2D eigenvalue weighted by molar-refractivity contribution is 6.15. The molecule has 4 aromatic heterocycles. The minimum Gasteiger partial charge on any atom is -0.456 e. The first-order chi connectivity index (χ1) is 31.2. The van der Waals surface area contributed by atoms with Gasteiger partial charge in [-0.2, -0.15) is 0 Å². The number of hydrogen-bond acceptors (Lipinski definition) is 5. The second-order valence-corrected chi connectivity index (χ2v) is 15.9. The molecule has 4 heterocycles. The van der Waals surface area contributed by atoms with Crippen LogP contribution in [0.25, 0.3) is 128 Å². The maximum absolute atomic E-state index is 6.59. The van der Waals surface area contributed by atoms with Gasteiger partial charge in [-0.15, -0.1) is 0 Å². The van der Waals surface area contributed by atoms with Crippen LogP contribution in [0.3, 0.4) is 0 Å². The first kappa shape index (κ1) is 35.2. The highest BCUT2D eigenvalue weighted by atomic mass is 16.3. The Morgan fingerprint density at radius 3 is 1.51 bits per heavy atom. The summed E-state index contributed by atoms with van der Waals surface area (Å²) in [5, 5.41) is 6.40. The van der Waals surface area contributed by atoms with Crippen molar-refractivity contribution >= 4 is 65.7 Å². The molecule has 0 bridgehead atoms. The lowest BCUT2D eigenvalue weighted by molar-refractivity contribution is 0.668. The summed E-state index contributed by atoms with van der Waals surface area (Å²) in [6.07, 6.45) is 0. The zero-order valence-electron chi connectivity index (χ0n) is 33.7. The normalized spacial score (nSPS) is 11.8. The van der Waals surface area contributed by atoms with E-state index in [-0.39, 0.29) is 0 Å². The standard InChI is InChI=1S/C57H34N4O2/c1-3-14-35(15-4-1)37-18-11-19-38(32-37)55-58-56(39-28-30-49-45(33-39)53-41(22-12-26-51(53)62-49)36-16-5-2-6-17-36)60-57(59-55)44-23-13-27-52-54(44)46-34-40(29-31-50(46)63-52)61-47-24-9-7-20-42(47)43-21-8-10-25-48(43)61/h1-34H. The summed E-state index contributed by atoms with van der Waals surface area (Å²) in [6, 6.07) is 71.4. The third-order valence-corrected chi connectivity index (χ3v) is 12.3. The summed E-state index contributed by atoms with van der Waals surface area (Å²) in [4.78, 5) is 15.9. The summed E-state index contributed by atoms with van der Waals surface area (Å²) >= 11 is 0. The van der Waals surface area contributed by atoms with Gasteiger partial charge in [0.2, 0.25) is 0 Å². The summed E-state index contributed by atoms with van der Waals surface area (Å²) in [6.45, 7) is 0. The molecule has 13 rings (SSSR count). The van der Waals surface area contributed by atoms with E-state index >= 15 is 0 Å². The van der Waals surface area contributed by atoms with Gasteiger partial charge in [-0.25, -0.2) is 15.0 Å². The van der Waals surface area contributed by atoms with Gasteiger partial charge in [-0.3, -0.25) is 0 Å². The van der Waals surface area contributed by atoms with E-state index < -0.39 is 0 Å². The van der Waals surface area contributed by atoms with E-state index in [4.69, 9.17) is 23.8 Å². The van der Waals surface area contributed by atoms with Crippen molar-refractivity contribution in [2.24, 2.45) is 0 Å². The van der Waals surface area contributed by atoms with Crippen LogP contribution in [0, 0.1) is 0 Å². The van der Waals surface area contributed by atoms with Crippen molar-refractivity contribution < 1.29 is 8.83 Å². The molecule has 6 nitrogen and oxygen atoms in total. The SMILES string of the molecule is c1ccc(-c2cccc(-c3nc(-c4ccc5oc6cccc(-c7ccccc7)c6c5c4)nc(-c4cccc5oc6ccc(-n7c8ccccc8c8ccccc87)cc6c45)n3)c2)cc1. The van der Waals surface area contributed by atoms with Crippen LogP contribution in [0.4, 0.5) is 0 Å². The van der Waals surface area contributed by atoms with Crippen LogP contribution in [0.1, 0.15) is 0 Å². The molecule has 0 aliphatic rings. The second-order valence-electron chi connectivity index (χ2n) is 15.9. The molecule has 0 atom stereocenters. The van der Waals surface area contributed by atoms with Gasteiger partial charge < -0.3 is 13.4 Å². The maximum atomic E-state index is 6.59. The highest BCUT2D eigenvalue weighted by Gasteiger charge is 2.21. The minimum absolute atomic E-state index is 0.554. The van der Waals surface area contributed by atoms with E-state index in [1.165, 1.54) is 10.8 Å². The van der Waals surface area contributed by atoms with Gasteiger partial charge in [0.15, 0.2) is 17.5 Å². The van der Waals surface area contributed by atoms with Crippen LogP contribution in [0.15, 0.2) is 215 Å². The summed E-state index contributed by atoms with van der Waals surface area (Å²) < 4.78 is 15.4. The van der Waals surface area contributed by atoms with Crippen LogP contribution in [0.2, 0.25) is 0 Å². The van der Waals surface area contributed by atoms with Crippen LogP contribution < -0.4 is 0 Å². The topological polar surface area (TPSA) is 69.9 Å². The number of furan rings is 2. The summed E-state index contributed by atoms with van der Waals surface area (Å²) in [5.41, 5.74) is 13.6. The van der Waals surface area contributed by atoms with Crippen molar-refractivity contribution in [3.63, 3.8) is 0 Å². The van der Waals surface area contributed by atoms with Crippen molar-refractivity contribution in [1.82, 2.24) is 19.5 Å². The first-order valence-electron chi connectivity index (χ1n) is 21.1. The van der Waals surface area contributed by atoms with Crippen molar-refractivity contribution in [2.45, 2.75) is 0 Å². The molecule has 63 heavy (non-hydrogen) atoms. The third kappa shape index (κ3) is 5.69. The Hall–Kier alpha value is -8.61. The molecule has 0 spiro atoms. The minimum atomic E-state index is 0.554. The second kappa shape index (κ2) is 14.0. The van der Waals surface area contributed by atoms with Crippen molar-refractivity contribution in [1.29, 1.82) is 0 Å². The van der Waals surface area contributed by atoms with E-state index in [0.29, 0.717) is 17.5 Å². The zero-order valence-corrected chi connectivity index (χ0v) is 33.7. The highest BCUT2D eigenvalue weighted by Crippen LogP contribution is 2.41. The number of nitrogens with zero attached hydrogens (tertiary/aromatic N) is 4. The van der Waals surface area contributed by atoms with Gasteiger partial charge in [0.25, 0.3) is 0 Å². The van der Waals surface area contributed by atoms with Crippen LogP contribution in [-0.2, 0) is 0 Å². The van der Waals surface area contributed by atoms with Gasteiger partial charge in [-0.1, -0.05) is 140 Å². The van der Waals surface area contributed by atoms with Gasteiger partial charge in [-0.05, 0) is 89.0 Å². The molecule has 0 aliphatic heterocycles. The zero-order chi connectivity index (χ0) is 41.4. The Labute approximate surface area is 361 Å². The number of rotatable bonds is 6. The molecule has 0 unspecified atom stereocenters. The molecule has 0 saturated heterocycles. The molecule has 0 aliphatic carbocycles. The molecule has 0 N–H and O–H groups in total. The predicted molar refractivity (Wildman–Crippen MR) is 256 cm³/mol. The molecule has 13 aromatic rings. The van der Waals surface area contributed by atoms with E-state index in [0.717, 1.165) is 99.5 Å². The molecular weight excluding hydrogens is 773 g/mol. The molecule has 9 aromatic carbocycles. The Balaban J connectivity index is 1.04. The Morgan fingerprint density at radius 2 is 0.810 bits per heavy atom. The van der Waals surface area contributed by atoms with Gasteiger partial charge >= 0.3 is 0 Å². The molecule has 0 fully saturated rings. The molecule has 294 valence electrons. The Bertz CT molecular complexity index is 3870. The fourth-order valence-electron chi connectivity index (χ4n) is 9.39. The van der Waals surface area contributed by atoms with E-state index in [1.54, 1.807) is 0 Å². The van der Waals surface area contributed by atoms with Crippen LogP contribution in [0.5, 0.6) is 0 Å². The van der Waals surface area contributed by atoms with E-state index in [1.807, 2.05) is 48.5 Å². The lowest BCUT2D eigenvalue weighted by Gasteiger charge is -2.11. The first-order valence-corrected chi connectivity index (χ1v) is 21.1. The number of hydrogen-bond donors (Lipinski definition) is 0.